The van der Waals surface area contributed by atoms with Crippen LogP contribution in [0, 0.1) is 0 Å². The zero-order chi connectivity index (χ0) is 14.5. The van der Waals surface area contributed by atoms with Gasteiger partial charge in [0.2, 0.25) is 0 Å². The number of aliphatic hydroxyl groups excluding tert-OH is 1. The number of nitrogens with zero attached hydrogens (tertiary/aromatic N) is 4. The van der Waals surface area contributed by atoms with Crippen molar-refractivity contribution in [1.82, 2.24) is 19.7 Å². The first-order valence-electron chi connectivity index (χ1n) is 6.88. The molecule has 0 saturated heterocycles. The standard InChI is InChI=1S/C15H22N4O/c1-12(20)9-10-18(2)11-14-16-17-15(19(14)3)13-7-5-4-6-8-13/h4-8,12,20H,9-11H2,1-3H3. The quantitative estimate of drug-likeness (QED) is 0.871. The van der Waals surface area contributed by atoms with Crippen LogP contribution in [-0.4, -0.2) is 44.5 Å². The molecule has 20 heavy (non-hydrogen) atoms. The maximum Gasteiger partial charge on any atom is 0.163 e. The highest BCUT2D eigenvalue weighted by atomic mass is 16.3. The molecule has 2 rings (SSSR count). The van der Waals surface area contributed by atoms with E-state index in [0.29, 0.717) is 0 Å². The number of benzene rings is 1. The van der Waals surface area contributed by atoms with E-state index in [0.717, 1.165) is 36.7 Å². The van der Waals surface area contributed by atoms with Crippen LogP contribution in [0.3, 0.4) is 0 Å². The second-order valence-corrected chi connectivity index (χ2v) is 5.24. The van der Waals surface area contributed by atoms with E-state index in [2.05, 4.69) is 15.1 Å². The monoisotopic (exact) mass is 274 g/mol. The van der Waals surface area contributed by atoms with Crippen molar-refractivity contribution in [2.75, 3.05) is 13.6 Å². The van der Waals surface area contributed by atoms with Crippen LogP contribution in [0.15, 0.2) is 30.3 Å². The predicted molar refractivity (Wildman–Crippen MR) is 79.1 cm³/mol. The lowest BCUT2D eigenvalue weighted by Gasteiger charge is -2.16. The molecule has 5 nitrogen and oxygen atoms in total. The van der Waals surface area contributed by atoms with Crippen molar-refractivity contribution in [3.05, 3.63) is 36.2 Å². The lowest BCUT2D eigenvalue weighted by Crippen LogP contribution is -2.23. The summed E-state index contributed by atoms with van der Waals surface area (Å²) in [5, 5.41) is 17.9. The van der Waals surface area contributed by atoms with Crippen molar-refractivity contribution in [2.45, 2.75) is 26.0 Å². The Labute approximate surface area is 119 Å². The fraction of sp³-hybridized carbons (Fsp3) is 0.467. The summed E-state index contributed by atoms with van der Waals surface area (Å²) in [6.07, 6.45) is 0.497. The summed E-state index contributed by atoms with van der Waals surface area (Å²) in [6.45, 7) is 3.37. The van der Waals surface area contributed by atoms with Gasteiger partial charge in [-0.25, -0.2) is 0 Å². The molecule has 1 aromatic heterocycles. The van der Waals surface area contributed by atoms with E-state index in [-0.39, 0.29) is 6.10 Å². The maximum atomic E-state index is 9.31. The van der Waals surface area contributed by atoms with Gasteiger partial charge in [-0.3, -0.25) is 4.90 Å². The van der Waals surface area contributed by atoms with Gasteiger partial charge < -0.3 is 9.67 Å². The lowest BCUT2D eigenvalue weighted by molar-refractivity contribution is 0.162. The fourth-order valence-corrected chi connectivity index (χ4v) is 2.07. The highest BCUT2D eigenvalue weighted by Crippen LogP contribution is 2.17. The third-order valence-electron chi connectivity index (χ3n) is 3.34. The molecule has 5 heteroatoms. The Kier molecular flexibility index (Phi) is 4.87. The zero-order valence-electron chi connectivity index (χ0n) is 12.3. The van der Waals surface area contributed by atoms with Gasteiger partial charge in [0.25, 0.3) is 0 Å². The summed E-state index contributed by atoms with van der Waals surface area (Å²) < 4.78 is 2.02. The van der Waals surface area contributed by atoms with E-state index in [4.69, 9.17) is 0 Å². The highest BCUT2D eigenvalue weighted by Gasteiger charge is 2.12. The van der Waals surface area contributed by atoms with Crippen molar-refractivity contribution in [3.63, 3.8) is 0 Å². The molecule has 2 aromatic rings. The summed E-state index contributed by atoms with van der Waals surface area (Å²) in [5.74, 6) is 1.81. The minimum absolute atomic E-state index is 0.267. The van der Waals surface area contributed by atoms with E-state index in [1.807, 2.05) is 55.9 Å². The summed E-state index contributed by atoms with van der Waals surface area (Å²) in [6, 6.07) is 10.1. The second kappa shape index (κ2) is 6.63. The molecule has 0 aliphatic carbocycles. The van der Waals surface area contributed by atoms with Gasteiger partial charge >= 0.3 is 0 Å². The smallest absolute Gasteiger partial charge is 0.163 e. The molecule has 108 valence electrons. The molecular weight excluding hydrogens is 252 g/mol. The van der Waals surface area contributed by atoms with Gasteiger partial charge in [-0.15, -0.1) is 10.2 Å². The van der Waals surface area contributed by atoms with Crippen LogP contribution in [0.25, 0.3) is 11.4 Å². The van der Waals surface area contributed by atoms with Crippen molar-refractivity contribution < 1.29 is 5.11 Å². The summed E-state index contributed by atoms with van der Waals surface area (Å²) >= 11 is 0. The number of aromatic nitrogens is 3. The Morgan fingerprint density at radius 3 is 2.60 bits per heavy atom. The van der Waals surface area contributed by atoms with Crippen molar-refractivity contribution in [3.8, 4) is 11.4 Å². The largest absolute Gasteiger partial charge is 0.393 e. The van der Waals surface area contributed by atoms with Crippen LogP contribution in [0.1, 0.15) is 19.2 Å². The second-order valence-electron chi connectivity index (χ2n) is 5.24. The topological polar surface area (TPSA) is 54.2 Å². The molecule has 1 N–H and O–H groups in total. The Morgan fingerprint density at radius 2 is 1.95 bits per heavy atom. The van der Waals surface area contributed by atoms with Gasteiger partial charge in [-0.05, 0) is 20.4 Å². The van der Waals surface area contributed by atoms with Gasteiger partial charge in [-0.2, -0.15) is 0 Å². The molecule has 1 unspecified atom stereocenters. The van der Waals surface area contributed by atoms with Crippen molar-refractivity contribution in [2.24, 2.45) is 7.05 Å². The fourth-order valence-electron chi connectivity index (χ4n) is 2.07. The molecule has 0 radical (unpaired) electrons. The van der Waals surface area contributed by atoms with E-state index < -0.39 is 0 Å². The van der Waals surface area contributed by atoms with Crippen molar-refractivity contribution >= 4 is 0 Å². The van der Waals surface area contributed by atoms with Crippen LogP contribution in [-0.2, 0) is 13.6 Å². The molecule has 1 heterocycles. The first-order chi connectivity index (χ1) is 9.58. The number of rotatable bonds is 6. The van der Waals surface area contributed by atoms with Crippen LogP contribution in [0.2, 0.25) is 0 Å². The average molecular weight is 274 g/mol. The Morgan fingerprint density at radius 1 is 1.25 bits per heavy atom. The van der Waals surface area contributed by atoms with E-state index in [1.165, 1.54) is 0 Å². The number of aliphatic hydroxyl groups is 1. The minimum atomic E-state index is -0.267. The van der Waals surface area contributed by atoms with Crippen LogP contribution >= 0.6 is 0 Å². The molecule has 0 aliphatic heterocycles. The van der Waals surface area contributed by atoms with Gasteiger partial charge in [0.05, 0.1) is 12.6 Å². The average Bonchev–Trinajstić information content (AvgIpc) is 2.79. The lowest BCUT2D eigenvalue weighted by atomic mass is 10.2. The van der Waals surface area contributed by atoms with Gasteiger partial charge in [-0.1, -0.05) is 30.3 Å². The Balaban J connectivity index is 2.06. The van der Waals surface area contributed by atoms with E-state index >= 15 is 0 Å². The molecule has 1 atom stereocenters. The van der Waals surface area contributed by atoms with Crippen LogP contribution in [0.5, 0.6) is 0 Å². The predicted octanol–water partition coefficient (Wildman–Crippen LogP) is 1.68. The van der Waals surface area contributed by atoms with Crippen LogP contribution < -0.4 is 0 Å². The number of hydrogen-bond acceptors (Lipinski definition) is 4. The van der Waals surface area contributed by atoms with Gasteiger partial charge in [0.1, 0.15) is 5.82 Å². The Hall–Kier alpha value is -1.72. The molecule has 0 spiro atoms. The zero-order valence-corrected chi connectivity index (χ0v) is 12.3. The molecular formula is C15H22N4O. The van der Waals surface area contributed by atoms with Crippen LogP contribution in [0.4, 0.5) is 0 Å². The molecule has 0 amide bonds. The Bertz CT molecular complexity index is 536. The van der Waals surface area contributed by atoms with E-state index in [1.54, 1.807) is 0 Å². The normalized spacial score (nSPS) is 12.8. The molecule has 0 aliphatic rings. The SMILES string of the molecule is CC(O)CCN(C)Cc1nnc(-c2ccccc2)n1C. The van der Waals surface area contributed by atoms with E-state index in [9.17, 15) is 5.11 Å². The molecule has 0 bridgehead atoms. The summed E-state index contributed by atoms with van der Waals surface area (Å²) in [5.41, 5.74) is 1.07. The highest BCUT2D eigenvalue weighted by molar-refractivity contribution is 5.54. The third-order valence-corrected chi connectivity index (χ3v) is 3.34. The van der Waals surface area contributed by atoms with Gasteiger partial charge in [0, 0.05) is 19.2 Å². The molecule has 0 fully saturated rings. The third kappa shape index (κ3) is 3.65. The summed E-state index contributed by atoms with van der Waals surface area (Å²) in [7, 11) is 4.01. The molecule has 0 saturated carbocycles. The summed E-state index contributed by atoms with van der Waals surface area (Å²) in [4.78, 5) is 2.14. The first kappa shape index (κ1) is 14.7. The minimum Gasteiger partial charge on any atom is -0.393 e. The van der Waals surface area contributed by atoms with Gasteiger partial charge in [0.15, 0.2) is 5.82 Å². The first-order valence-corrected chi connectivity index (χ1v) is 6.88. The molecule has 1 aromatic carbocycles. The number of hydrogen-bond donors (Lipinski definition) is 1. The maximum absolute atomic E-state index is 9.31. The van der Waals surface area contributed by atoms with Crippen molar-refractivity contribution in [1.29, 1.82) is 0 Å².